The monoisotopic (exact) mass is 539 g/mol. The number of phenols is 1. The van der Waals surface area contributed by atoms with Crippen LogP contribution in [-0.4, -0.2) is 47.6 Å². The lowest BCUT2D eigenvalue weighted by Gasteiger charge is -2.42. The highest BCUT2D eigenvalue weighted by Crippen LogP contribution is 2.58. The standard InChI is InChI=1S/C32H29NO7/c1-16-11-23(35)27-22(30(16)36)14-21-19(28(27)29-24(39-2)12-18(34)13-25(29)40-3)9-10-20-26(21)32(38)33(31(20)37)15-17-7-5-4-6-8-17/h4-9,11-13,20-21,26,28,34H,10,14-15H2,1-3H3/t20-,21+,26-,28-/m0/s1. The summed E-state index contributed by atoms with van der Waals surface area (Å²) in [5.41, 5.74) is 3.17. The summed E-state index contributed by atoms with van der Waals surface area (Å²) >= 11 is 0. The number of carbonyl (C=O) groups is 4. The molecule has 0 unspecified atom stereocenters. The van der Waals surface area contributed by atoms with E-state index in [1.165, 1.54) is 37.3 Å². The number of benzene rings is 2. The predicted octanol–water partition coefficient (Wildman–Crippen LogP) is 4.04. The molecule has 1 N–H and O–H groups in total. The number of rotatable bonds is 5. The molecule has 1 heterocycles. The third kappa shape index (κ3) is 3.81. The highest BCUT2D eigenvalue weighted by Gasteiger charge is 2.56. The van der Waals surface area contributed by atoms with Crippen molar-refractivity contribution in [1.29, 1.82) is 0 Å². The third-order valence-corrected chi connectivity index (χ3v) is 8.65. The first-order valence-corrected chi connectivity index (χ1v) is 13.3. The van der Waals surface area contributed by atoms with E-state index < -0.39 is 23.7 Å². The number of imide groups is 1. The summed E-state index contributed by atoms with van der Waals surface area (Å²) < 4.78 is 11.3. The van der Waals surface area contributed by atoms with Gasteiger partial charge in [0.2, 0.25) is 11.8 Å². The van der Waals surface area contributed by atoms with Crippen LogP contribution in [0.25, 0.3) is 0 Å². The van der Waals surface area contributed by atoms with Gasteiger partial charge in [-0.1, -0.05) is 42.0 Å². The molecule has 1 saturated heterocycles. The number of likely N-dealkylation sites (tertiary alicyclic amines) is 1. The number of ether oxygens (including phenoxy) is 2. The zero-order valence-electron chi connectivity index (χ0n) is 22.5. The predicted molar refractivity (Wildman–Crippen MR) is 145 cm³/mol. The van der Waals surface area contributed by atoms with Gasteiger partial charge in [-0.3, -0.25) is 24.1 Å². The fourth-order valence-electron chi connectivity index (χ4n) is 6.91. The molecule has 6 rings (SSSR count). The van der Waals surface area contributed by atoms with Gasteiger partial charge in [0.15, 0.2) is 11.6 Å². The topological polar surface area (TPSA) is 110 Å². The zero-order valence-corrected chi connectivity index (χ0v) is 22.5. The Morgan fingerprint density at radius 2 is 1.62 bits per heavy atom. The van der Waals surface area contributed by atoms with Crippen LogP contribution < -0.4 is 9.47 Å². The van der Waals surface area contributed by atoms with Crippen molar-refractivity contribution in [2.24, 2.45) is 17.8 Å². The molecule has 0 radical (unpaired) electrons. The smallest absolute Gasteiger partial charge is 0.234 e. The van der Waals surface area contributed by atoms with Crippen molar-refractivity contribution in [2.45, 2.75) is 32.2 Å². The quantitative estimate of drug-likeness (QED) is 0.347. The molecule has 1 fully saturated rings. The molecular formula is C32H29NO7. The molecule has 40 heavy (non-hydrogen) atoms. The first kappa shape index (κ1) is 25.8. The van der Waals surface area contributed by atoms with Gasteiger partial charge in [0, 0.05) is 40.3 Å². The van der Waals surface area contributed by atoms with Gasteiger partial charge in [0.05, 0.1) is 32.6 Å². The van der Waals surface area contributed by atoms with Gasteiger partial charge in [-0.25, -0.2) is 0 Å². The Morgan fingerprint density at radius 1 is 0.950 bits per heavy atom. The number of nitrogens with zero attached hydrogens (tertiary/aromatic N) is 1. The summed E-state index contributed by atoms with van der Waals surface area (Å²) in [5, 5.41) is 10.3. The van der Waals surface area contributed by atoms with Crippen LogP contribution in [0.1, 0.15) is 36.8 Å². The number of amides is 2. The lowest BCUT2D eigenvalue weighted by atomic mass is 9.59. The van der Waals surface area contributed by atoms with Gasteiger partial charge in [0.1, 0.15) is 17.2 Å². The minimum absolute atomic E-state index is 0.0772. The summed E-state index contributed by atoms with van der Waals surface area (Å²) in [6, 6.07) is 12.3. The molecule has 0 saturated carbocycles. The Labute approximate surface area is 231 Å². The summed E-state index contributed by atoms with van der Waals surface area (Å²) in [5.74, 6) is -2.89. The number of carbonyl (C=O) groups excluding carboxylic acids is 4. The molecule has 8 nitrogen and oxygen atoms in total. The average molecular weight is 540 g/mol. The van der Waals surface area contributed by atoms with Gasteiger partial charge in [-0.05, 0) is 37.3 Å². The van der Waals surface area contributed by atoms with E-state index in [2.05, 4.69) is 0 Å². The largest absolute Gasteiger partial charge is 0.508 e. The molecule has 4 aliphatic rings. The van der Waals surface area contributed by atoms with Crippen LogP contribution in [0.4, 0.5) is 0 Å². The fraction of sp³-hybridized carbons (Fsp3) is 0.312. The molecule has 3 aliphatic carbocycles. The first-order valence-electron chi connectivity index (χ1n) is 13.3. The molecule has 8 heteroatoms. The van der Waals surface area contributed by atoms with E-state index in [1.54, 1.807) is 6.92 Å². The van der Waals surface area contributed by atoms with Crippen molar-refractivity contribution >= 4 is 23.4 Å². The summed E-state index contributed by atoms with van der Waals surface area (Å²) in [7, 11) is 2.91. The zero-order chi connectivity index (χ0) is 28.3. The molecule has 2 aromatic carbocycles. The van der Waals surface area contributed by atoms with E-state index in [0.717, 1.165) is 11.1 Å². The average Bonchev–Trinajstić information content (AvgIpc) is 3.19. The van der Waals surface area contributed by atoms with Crippen molar-refractivity contribution in [2.75, 3.05) is 14.2 Å². The van der Waals surface area contributed by atoms with E-state index in [1.807, 2.05) is 36.4 Å². The number of phenolic OH excluding ortho intramolecular Hbond substituents is 1. The van der Waals surface area contributed by atoms with Crippen LogP contribution in [0.2, 0.25) is 0 Å². The van der Waals surface area contributed by atoms with Crippen LogP contribution >= 0.6 is 0 Å². The summed E-state index contributed by atoms with van der Waals surface area (Å²) in [6.07, 6.45) is 3.83. The highest BCUT2D eigenvalue weighted by molar-refractivity contribution is 6.23. The number of aromatic hydroxyl groups is 1. The molecule has 1 aliphatic heterocycles. The third-order valence-electron chi connectivity index (χ3n) is 8.65. The van der Waals surface area contributed by atoms with Crippen molar-refractivity contribution in [3.63, 3.8) is 0 Å². The second-order valence-corrected chi connectivity index (χ2v) is 10.7. The van der Waals surface area contributed by atoms with Gasteiger partial charge >= 0.3 is 0 Å². The first-order chi connectivity index (χ1) is 19.2. The van der Waals surface area contributed by atoms with Crippen molar-refractivity contribution < 1.29 is 33.8 Å². The van der Waals surface area contributed by atoms with Crippen LogP contribution in [0, 0.1) is 17.8 Å². The molecule has 204 valence electrons. The SMILES string of the molecule is COc1cc(O)cc(OC)c1[C@H]1C2=CC[C@@H]3C(=O)N(Cc4ccccc4)C(=O)[C@@H]3[C@@H]2CC2=C1C(=O)C=C(C)C2=O. The minimum Gasteiger partial charge on any atom is -0.508 e. The minimum atomic E-state index is -0.743. The maximum absolute atomic E-state index is 13.9. The van der Waals surface area contributed by atoms with Crippen molar-refractivity contribution in [3.8, 4) is 17.2 Å². The molecule has 0 aromatic heterocycles. The number of fused-ring (bicyclic) bond motifs is 3. The number of methoxy groups -OCH3 is 2. The van der Waals surface area contributed by atoms with Crippen molar-refractivity contribution in [1.82, 2.24) is 4.90 Å². The molecule has 0 bridgehead atoms. The van der Waals surface area contributed by atoms with Gasteiger partial charge in [0.25, 0.3) is 0 Å². The maximum Gasteiger partial charge on any atom is 0.234 e. The van der Waals surface area contributed by atoms with Crippen LogP contribution in [0.3, 0.4) is 0 Å². The summed E-state index contributed by atoms with van der Waals surface area (Å²) in [6.45, 7) is 1.80. The highest BCUT2D eigenvalue weighted by atomic mass is 16.5. The Bertz CT molecular complexity index is 1540. The molecular weight excluding hydrogens is 510 g/mol. The number of ketones is 2. The lowest BCUT2D eigenvalue weighted by molar-refractivity contribution is -0.140. The number of hydrogen-bond acceptors (Lipinski definition) is 7. The van der Waals surface area contributed by atoms with E-state index in [-0.39, 0.29) is 42.1 Å². The van der Waals surface area contributed by atoms with Crippen LogP contribution in [-0.2, 0) is 25.7 Å². The van der Waals surface area contributed by atoms with Gasteiger partial charge in [-0.2, -0.15) is 0 Å². The Kier molecular flexibility index (Phi) is 6.21. The van der Waals surface area contributed by atoms with E-state index in [4.69, 9.17) is 9.47 Å². The number of hydrogen-bond donors (Lipinski definition) is 1. The second-order valence-electron chi connectivity index (χ2n) is 10.7. The van der Waals surface area contributed by atoms with E-state index in [9.17, 15) is 24.3 Å². The normalized spacial score (nSPS) is 25.7. The fourth-order valence-corrected chi connectivity index (χ4v) is 6.91. The second kappa shape index (κ2) is 9.62. The number of allylic oxidation sites excluding steroid dienone is 6. The van der Waals surface area contributed by atoms with E-state index in [0.29, 0.717) is 40.2 Å². The molecule has 2 aromatic rings. The molecule has 2 amide bonds. The van der Waals surface area contributed by atoms with Gasteiger partial charge in [-0.15, -0.1) is 0 Å². The van der Waals surface area contributed by atoms with E-state index >= 15 is 0 Å². The van der Waals surface area contributed by atoms with Crippen molar-refractivity contribution in [3.05, 3.63) is 88.0 Å². The Morgan fingerprint density at radius 3 is 2.27 bits per heavy atom. The van der Waals surface area contributed by atoms with Gasteiger partial charge < -0.3 is 14.6 Å². The maximum atomic E-state index is 13.9. The van der Waals surface area contributed by atoms with Crippen LogP contribution in [0.15, 0.2) is 76.9 Å². The number of Topliss-reactive ketones (excluding diaryl/α,β-unsaturated/α-hetero) is 1. The molecule has 4 atom stereocenters. The summed E-state index contributed by atoms with van der Waals surface area (Å²) in [4.78, 5) is 55.8. The lowest BCUT2D eigenvalue weighted by Crippen LogP contribution is -2.40. The Balaban J connectivity index is 1.50. The Hall–Kier alpha value is -4.46. The van der Waals surface area contributed by atoms with Crippen LogP contribution in [0.5, 0.6) is 17.2 Å². The molecule has 0 spiro atoms.